The number of hydrogen-bond donors (Lipinski definition) is 1. The minimum atomic E-state index is -0.238. The molecule has 1 aromatic heterocycles. The molecule has 3 aromatic rings. The van der Waals surface area contributed by atoms with Crippen LogP contribution in [0.15, 0.2) is 36.4 Å². The van der Waals surface area contributed by atoms with Crippen LogP contribution in [0.2, 0.25) is 10.0 Å². The van der Waals surface area contributed by atoms with Gasteiger partial charge in [-0.1, -0.05) is 23.2 Å². The van der Waals surface area contributed by atoms with Crippen molar-refractivity contribution in [1.29, 1.82) is 0 Å². The summed E-state index contributed by atoms with van der Waals surface area (Å²) in [6.07, 6.45) is 0. The Kier molecular flexibility index (Phi) is 4.81. The van der Waals surface area contributed by atoms with E-state index in [0.29, 0.717) is 43.9 Å². The maximum absolute atomic E-state index is 9.90. The quantitative estimate of drug-likeness (QED) is 0.728. The monoisotopic (exact) mass is 363 g/mol. The normalized spacial score (nSPS) is 10.9. The molecule has 0 aliphatic heterocycles. The Morgan fingerprint density at radius 3 is 2.46 bits per heavy atom. The molecular weight excluding hydrogens is 349 g/mol. The summed E-state index contributed by atoms with van der Waals surface area (Å²) in [6, 6.07) is 10.6. The summed E-state index contributed by atoms with van der Waals surface area (Å²) >= 11 is 12.3. The van der Waals surface area contributed by atoms with Crippen LogP contribution in [0.25, 0.3) is 22.2 Å². The predicted molar refractivity (Wildman–Crippen MR) is 96.2 cm³/mol. The first-order valence-electron chi connectivity index (χ1n) is 7.20. The van der Waals surface area contributed by atoms with Crippen molar-refractivity contribution in [3.63, 3.8) is 0 Å². The lowest BCUT2D eigenvalue weighted by atomic mass is 10.0. The van der Waals surface area contributed by atoms with E-state index in [9.17, 15) is 5.11 Å². The Balaban J connectivity index is 2.36. The number of fused-ring (bicyclic) bond motifs is 1. The van der Waals surface area contributed by atoms with Gasteiger partial charge in [0.2, 0.25) is 0 Å². The van der Waals surface area contributed by atoms with Crippen molar-refractivity contribution in [1.82, 2.24) is 4.98 Å². The molecule has 0 aliphatic rings. The topological polar surface area (TPSA) is 51.6 Å². The maximum Gasteiger partial charge on any atom is 0.136 e. The van der Waals surface area contributed by atoms with E-state index in [4.69, 9.17) is 32.7 Å². The van der Waals surface area contributed by atoms with Crippen LogP contribution in [-0.4, -0.2) is 24.3 Å². The van der Waals surface area contributed by atoms with Gasteiger partial charge < -0.3 is 14.6 Å². The molecule has 0 unspecified atom stereocenters. The molecule has 0 saturated carbocycles. The third-order valence-corrected chi connectivity index (χ3v) is 4.34. The summed E-state index contributed by atoms with van der Waals surface area (Å²) in [5.41, 5.74) is 2.52. The van der Waals surface area contributed by atoms with E-state index in [1.54, 1.807) is 32.4 Å². The van der Waals surface area contributed by atoms with Crippen molar-refractivity contribution in [2.24, 2.45) is 0 Å². The molecule has 24 heavy (non-hydrogen) atoms. The number of pyridine rings is 1. The van der Waals surface area contributed by atoms with Crippen LogP contribution in [0.3, 0.4) is 0 Å². The molecule has 0 atom stereocenters. The molecular formula is C18H15Cl2NO3. The third kappa shape index (κ3) is 2.88. The lowest BCUT2D eigenvalue weighted by Crippen LogP contribution is -2.01. The first-order valence-corrected chi connectivity index (χ1v) is 7.95. The fourth-order valence-corrected chi connectivity index (χ4v) is 3.16. The Morgan fingerprint density at radius 2 is 1.83 bits per heavy atom. The fraction of sp³-hybridized carbons (Fsp3) is 0.167. The average Bonchev–Trinajstić information content (AvgIpc) is 2.59. The van der Waals surface area contributed by atoms with Gasteiger partial charge in [-0.3, -0.25) is 0 Å². The van der Waals surface area contributed by atoms with Crippen molar-refractivity contribution < 1.29 is 14.6 Å². The van der Waals surface area contributed by atoms with E-state index >= 15 is 0 Å². The Morgan fingerprint density at radius 1 is 1.04 bits per heavy atom. The van der Waals surface area contributed by atoms with Crippen LogP contribution in [0.5, 0.6) is 11.5 Å². The number of methoxy groups -OCH3 is 2. The van der Waals surface area contributed by atoms with Crippen LogP contribution in [0.4, 0.5) is 0 Å². The smallest absolute Gasteiger partial charge is 0.136 e. The van der Waals surface area contributed by atoms with Gasteiger partial charge in [0.05, 0.1) is 37.1 Å². The van der Waals surface area contributed by atoms with Gasteiger partial charge in [-0.2, -0.15) is 0 Å². The molecule has 2 aromatic carbocycles. The van der Waals surface area contributed by atoms with Crippen molar-refractivity contribution >= 4 is 34.1 Å². The van der Waals surface area contributed by atoms with Gasteiger partial charge in [-0.25, -0.2) is 4.98 Å². The number of rotatable bonds is 4. The molecule has 0 spiro atoms. The van der Waals surface area contributed by atoms with Gasteiger partial charge >= 0.3 is 0 Å². The number of aromatic nitrogens is 1. The maximum atomic E-state index is 9.90. The highest BCUT2D eigenvalue weighted by atomic mass is 35.5. The Labute approximate surface area is 149 Å². The Bertz CT molecular complexity index is 912. The fourth-order valence-electron chi connectivity index (χ4n) is 2.66. The van der Waals surface area contributed by atoms with E-state index in [1.165, 1.54) is 0 Å². The standard InChI is InChI=1S/C18H15Cl2NO3/c1-23-11-4-6-16-13(8-11)18(24-2)14(9-22)17(21-16)12-5-3-10(19)7-15(12)20/h3-8,22H,9H2,1-2H3. The van der Waals surface area contributed by atoms with Crippen LogP contribution >= 0.6 is 23.2 Å². The summed E-state index contributed by atoms with van der Waals surface area (Å²) < 4.78 is 10.8. The summed E-state index contributed by atoms with van der Waals surface area (Å²) in [4.78, 5) is 4.67. The number of benzene rings is 2. The van der Waals surface area contributed by atoms with Gasteiger partial charge in [0.1, 0.15) is 11.5 Å². The zero-order valence-corrected chi connectivity index (χ0v) is 14.6. The molecule has 6 heteroatoms. The molecule has 0 amide bonds. The highest BCUT2D eigenvalue weighted by molar-refractivity contribution is 6.36. The second-order valence-electron chi connectivity index (χ2n) is 5.14. The number of ether oxygens (including phenoxy) is 2. The molecule has 0 radical (unpaired) electrons. The van der Waals surface area contributed by atoms with Gasteiger partial charge in [0, 0.05) is 21.5 Å². The first kappa shape index (κ1) is 16.8. The Hall–Kier alpha value is -2.01. The molecule has 0 bridgehead atoms. The molecule has 4 nitrogen and oxygen atoms in total. The zero-order chi connectivity index (χ0) is 17.3. The second-order valence-corrected chi connectivity index (χ2v) is 5.98. The number of aliphatic hydroxyl groups excluding tert-OH is 1. The molecule has 1 heterocycles. The average molecular weight is 364 g/mol. The predicted octanol–water partition coefficient (Wildman–Crippen LogP) is 4.72. The minimum Gasteiger partial charge on any atom is -0.497 e. The molecule has 124 valence electrons. The molecule has 0 saturated heterocycles. The van der Waals surface area contributed by atoms with E-state index < -0.39 is 0 Å². The zero-order valence-electron chi connectivity index (χ0n) is 13.1. The van der Waals surface area contributed by atoms with E-state index in [1.807, 2.05) is 18.2 Å². The number of halogens is 2. The van der Waals surface area contributed by atoms with Gasteiger partial charge in [-0.15, -0.1) is 0 Å². The number of nitrogens with zero attached hydrogens (tertiary/aromatic N) is 1. The van der Waals surface area contributed by atoms with Gasteiger partial charge in [-0.05, 0) is 36.4 Å². The summed E-state index contributed by atoms with van der Waals surface area (Å²) in [5.74, 6) is 1.23. The number of aliphatic hydroxyl groups is 1. The van der Waals surface area contributed by atoms with Gasteiger partial charge in [0.25, 0.3) is 0 Å². The lowest BCUT2D eigenvalue weighted by Gasteiger charge is -2.16. The van der Waals surface area contributed by atoms with E-state index in [-0.39, 0.29) is 6.61 Å². The number of hydrogen-bond acceptors (Lipinski definition) is 4. The van der Waals surface area contributed by atoms with Crippen LogP contribution in [0.1, 0.15) is 5.56 Å². The van der Waals surface area contributed by atoms with Crippen molar-refractivity contribution in [3.05, 3.63) is 52.0 Å². The molecule has 0 aliphatic carbocycles. The van der Waals surface area contributed by atoms with Crippen LogP contribution < -0.4 is 9.47 Å². The summed E-state index contributed by atoms with van der Waals surface area (Å²) in [7, 11) is 3.15. The third-order valence-electron chi connectivity index (χ3n) is 3.79. The van der Waals surface area contributed by atoms with Gasteiger partial charge in [0.15, 0.2) is 0 Å². The molecule has 3 rings (SSSR count). The summed E-state index contributed by atoms with van der Waals surface area (Å²) in [6.45, 7) is -0.238. The summed E-state index contributed by atoms with van der Waals surface area (Å²) in [5, 5.41) is 11.7. The highest BCUT2D eigenvalue weighted by Gasteiger charge is 2.19. The van der Waals surface area contributed by atoms with E-state index in [0.717, 1.165) is 5.39 Å². The minimum absolute atomic E-state index is 0.238. The van der Waals surface area contributed by atoms with Crippen LogP contribution in [-0.2, 0) is 6.61 Å². The molecule has 1 N–H and O–H groups in total. The van der Waals surface area contributed by atoms with Crippen molar-refractivity contribution in [3.8, 4) is 22.8 Å². The van der Waals surface area contributed by atoms with Crippen LogP contribution in [0, 0.1) is 0 Å². The van der Waals surface area contributed by atoms with E-state index in [2.05, 4.69) is 4.98 Å². The van der Waals surface area contributed by atoms with Crippen molar-refractivity contribution in [2.45, 2.75) is 6.61 Å². The molecule has 0 fully saturated rings. The first-order chi connectivity index (χ1) is 11.6. The van der Waals surface area contributed by atoms with Crippen molar-refractivity contribution in [2.75, 3.05) is 14.2 Å². The largest absolute Gasteiger partial charge is 0.497 e. The lowest BCUT2D eigenvalue weighted by molar-refractivity contribution is 0.274. The second kappa shape index (κ2) is 6.85. The SMILES string of the molecule is COc1ccc2nc(-c3ccc(Cl)cc3Cl)c(CO)c(OC)c2c1. The highest BCUT2D eigenvalue weighted by Crippen LogP contribution is 2.39.